The van der Waals surface area contributed by atoms with E-state index in [9.17, 15) is 17.2 Å². The monoisotopic (exact) mass is 333 g/mol. The van der Waals surface area contributed by atoms with Crippen LogP contribution in [-0.4, -0.2) is 50.4 Å². The molecule has 0 N–H and O–H groups in total. The highest BCUT2D eigenvalue weighted by atomic mass is 32.2. The summed E-state index contributed by atoms with van der Waals surface area (Å²) in [7, 11) is -2.98. The van der Waals surface area contributed by atoms with Crippen LogP contribution in [0.15, 0.2) is 24.3 Å². The molecule has 1 aliphatic heterocycles. The summed E-state index contributed by atoms with van der Waals surface area (Å²) >= 11 is 0. The fourth-order valence-corrected chi connectivity index (χ4v) is 3.76. The summed E-state index contributed by atoms with van der Waals surface area (Å²) in [6, 6.07) is 6.97. The lowest BCUT2D eigenvalue weighted by molar-refractivity contribution is 0.0819. The summed E-state index contributed by atoms with van der Waals surface area (Å²) in [5, 5.41) is -0.289. The van der Waals surface area contributed by atoms with Crippen LogP contribution in [0.4, 0.5) is 8.78 Å². The Labute approximate surface area is 130 Å². The van der Waals surface area contributed by atoms with Gasteiger partial charge >= 0.3 is 0 Å². The van der Waals surface area contributed by atoms with Crippen molar-refractivity contribution in [1.29, 1.82) is 0 Å². The van der Waals surface area contributed by atoms with Crippen molar-refractivity contribution in [1.82, 2.24) is 4.90 Å². The van der Waals surface area contributed by atoms with E-state index in [1.165, 1.54) is 0 Å². The van der Waals surface area contributed by atoms with Gasteiger partial charge in [-0.15, -0.1) is 0 Å². The van der Waals surface area contributed by atoms with Crippen molar-refractivity contribution in [3.05, 3.63) is 29.8 Å². The summed E-state index contributed by atoms with van der Waals surface area (Å²) in [5.41, 5.74) is 1.01. The van der Waals surface area contributed by atoms with Gasteiger partial charge in [-0.05, 0) is 37.6 Å². The van der Waals surface area contributed by atoms with Crippen molar-refractivity contribution in [2.45, 2.75) is 31.6 Å². The van der Waals surface area contributed by atoms with Gasteiger partial charge in [0, 0.05) is 13.1 Å². The zero-order valence-corrected chi connectivity index (χ0v) is 13.4. The van der Waals surface area contributed by atoms with Crippen LogP contribution in [0.1, 0.15) is 18.9 Å². The number of ether oxygens (including phenoxy) is 1. The molecule has 22 heavy (non-hydrogen) atoms. The summed E-state index contributed by atoms with van der Waals surface area (Å²) in [6.45, 7) is 3.06. The average molecular weight is 333 g/mol. The molecule has 0 radical (unpaired) electrons. The van der Waals surface area contributed by atoms with E-state index >= 15 is 0 Å². The van der Waals surface area contributed by atoms with E-state index in [1.807, 2.05) is 12.1 Å². The molecule has 4 nitrogen and oxygen atoms in total. The zero-order chi connectivity index (χ0) is 16.2. The lowest BCUT2D eigenvalue weighted by atomic mass is 10.2. The third kappa shape index (κ3) is 4.91. The van der Waals surface area contributed by atoms with Crippen LogP contribution in [-0.2, 0) is 16.4 Å². The smallest absolute Gasteiger partial charge is 0.272 e. The molecule has 0 aromatic heterocycles. The number of halogens is 2. The Hall–Kier alpha value is -1.21. The minimum absolute atomic E-state index is 0.184. The standard InChI is InChI=1S/C15H21F2NO3S/c1-12-6-7-18(8-9-22(12,19)20)10-13-2-4-14(5-3-13)21-11-15(16)17/h2-5,12,15H,6-11H2,1H3. The third-order valence-corrected chi connectivity index (χ3v) is 6.08. The molecule has 1 atom stereocenters. The molecule has 0 bridgehead atoms. The molecule has 1 aromatic carbocycles. The Balaban J connectivity index is 1.91. The van der Waals surface area contributed by atoms with Crippen LogP contribution in [0.2, 0.25) is 0 Å². The van der Waals surface area contributed by atoms with Crippen molar-refractivity contribution in [3.8, 4) is 5.75 Å². The van der Waals surface area contributed by atoms with Crippen molar-refractivity contribution < 1.29 is 21.9 Å². The number of sulfone groups is 1. The maximum absolute atomic E-state index is 12.1. The number of alkyl halides is 2. The second-order valence-corrected chi connectivity index (χ2v) is 8.13. The lowest BCUT2D eigenvalue weighted by Gasteiger charge is -2.19. The van der Waals surface area contributed by atoms with Crippen molar-refractivity contribution >= 4 is 9.84 Å². The first kappa shape index (κ1) is 17.1. The molecule has 0 aliphatic carbocycles. The van der Waals surface area contributed by atoms with Gasteiger partial charge in [-0.25, -0.2) is 17.2 Å². The molecular weight excluding hydrogens is 312 g/mol. The maximum Gasteiger partial charge on any atom is 0.272 e. The van der Waals surface area contributed by atoms with Crippen LogP contribution >= 0.6 is 0 Å². The van der Waals surface area contributed by atoms with E-state index in [2.05, 4.69) is 4.90 Å². The predicted octanol–water partition coefficient (Wildman–Crippen LogP) is 2.34. The highest BCUT2D eigenvalue weighted by Crippen LogP contribution is 2.17. The van der Waals surface area contributed by atoms with Crippen molar-refractivity contribution in [2.24, 2.45) is 0 Å². The number of nitrogens with zero attached hydrogens (tertiary/aromatic N) is 1. The molecule has 0 saturated carbocycles. The van der Waals surface area contributed by atoms with Gasteiger partial charge in [-0.1, -0.05) is 12.1 Å². The Bertz CT molecular complexity index is 575. The van der Waals surface area contributed by atoms with Gasteiger partial charge in [0.1, 0.15) is 12.4 Å². The topological polar surface area (TPSA) is 46.6 Å². The quantitative estimate of drug-likeness (QED) is 0.830. The SMILES string of the molecule is CC1CCN(Cc2ccc(OCC(F)F)cc2)CCS1(=O)=O. The van der Waals surface area contributed by atoms with Crippen LogP contribution in [0.3, 0.4) is 0 Å². The molecule has 1 saturated heterocycles. The number of hydrogen-bond donors (Lipinski definition) is 0. The number of hydrogen-bond acceptors (Lipinski definition) is 4. The average Bonchev–Trinajstić information content (AvgIpc) is 2.60. The van der Waals surface area contributed by atoms with Crippen LogP contribution in [0, 0.1) is 0 Å². The largest absolute Gasteiger partial charge is 0.488 e. The Morgan fingerprint density at radius 1 is 1.27 bits per heavy atom. The molecule has 1 unspecified atom stereocenters. The lowest BCUT2D eigenvalue weighted by Crippen LogP contribution is -2.26. The van der Waals surface area contributed by atoms with E-state index in [0.29, 0.717) is 25.3 Å². The zero-order valence-electron chi connectivity index (χ0n) is 12.5. The highest BCUT2D eigenvalue weighted by Gasteiger charge is 2.26. The molecule has 7 heteroatoms. The second-order valence-electron chi connectivity index (χ2n) is 5.59. The summed E-state index contributed by atoms with van der Waals surface area (Å²) in [4.78, 5) is 2.11. The van der Waals surface area contributed by atoms with Crippen LogP contribution in [0.25, 0.3) is 0 Å². The molecule has 1 aromatic rings. The second kappa shape index (κ2) is 7.37. The summed E-state index contributed by atoms with van der Waals surface area (Å²) in [5.74, 6) is 0.597. The molecule has 124 valence electrons. The van der Waals surface area contributed by atoms with Gasteiger partial charge in [-0.2, -0.15) is 0 Å². The van der Waals surface area contributed by atoms with Crippen molar-refractivity contribution in [3.63, 3.8) is 0 Å². The summed E-state index contributed by atoms with van der Waals surface area (Å²) < 4.78 is 52.8. The molecule has 1 aliphatic rings. The Kier molecular flexibility index (Phi) is 5.74. The molecular formula is C15H21F2NO3S. The normalized spacial score (nSPS) is 22.5. The van der Waals surface area contributed by atoms with Crippen molar-refractivity contribution in [2.75, 3.05) is 25.4 Å². The van der Waals surface area contributed by atoms with E-state index in [4.69, 9.17) is 4.74 Å². The van der Waals surface area contributed by atoms with Crippen LogP contribution in [0.5, 0.6) is 5.75 Å². The Morgan fingerprint density at radius 3 is 2.59 bits per heavy atom. The summed E-state index contributed by atoms with van der Waals surface area (Å²) in [6.07, 6.45) is -1.85. The van der Waals surface area contributed by atoms with Gasteiger partial charge in [0.25, 0.3) is 6.43 Å². The molecule has 1 heterocycles. The first-order chi connectivity index (χ1) is 10.4. The predicted molar refractivity (Wildman–Crippen MR) is 81.1 cm³/mol. The van der Waals surface area contributed by atoms with Gasteiger partial charge in [0.05, 0.1) is 11.0 Å². The first-order valence-corrected chi connectivity index (χ1v) is 9.02. The van der Waals surface area contributed by atoms with Gasteiger partial charge < -0.3 is 4.74 Å². The van der Waals surface area contributed by atoms with Gasteiger partial charge in [-0.3, -0.25) is 4.90 Å². The van der Waals surface area contributed by atoms with Crippen LogP contribution < -0.4 is 4.74 Å². The molecule has 2 rings (SSSR count). The number of benzene rings is 1. The number of rotatable bonds is 5. The molecule has 0 amide bonds. The first-order valence-electron chi connectivity index (χ1n) is 7.30. The van der Waals surface area contributed by atoms with E-state index in [0.717, 1.165) is 12.1 Å². The van der Waals surface area contributed by atoms with E-state index in [1.54, 1.807) is 19.1 Å². The fourth-order valence-electron chi connectivity index (χ4n) is 2.38. The molecule has 1 fully saturated rings. The van der Waals surface area contributed by atoms with Gasteiger partial charge in [0.15, 0.2) is 9.84 Å². The Morgan fingerprint density at radius 2 is 1.95 bits per heavy atom. The fraction of sp³-hybridized carbons (Fsp3) is 0.600. The third-order valence-electron chi connectivity index (χ3n) is 3.86. The van der Waals surface area contributed by atoms with Gasteiger partial charge in [0.2, 0.25) is 0 Å². The van der Waals surface area contributed by atoms with E-state index < -0.39 is 22.9 Å². The minimum atomic E-state index is -2.98. The highest BCUT2D eigenvalue weighted by molar-refractivity contribution is 7.92. The molecule has 0 spiro atoms. The maximum atomic E-state index is 12.1. The van der Waals surface area contributed by atoms with E-state index in [-0.39, 0.29) is 11.0 Å². The minimum Gasteiger partial charge on any atom is -0.488 e.